The fourth-order valence-corrected chi connectivity index (χ4v) is 6.12. The Morgan fingerprint density at radius 2 is 1.66 bits per heavy atom. The van der Waals surface area contributed by atoms with Crippen molar-refractivity contribution in [3.8, 4) is 28.4 Å². The van der Waals surface area contributed by atoms with E-state index in [2.05, 4.69) is 35.2 Å². The summed E-state index contributed by atoms with van der Waals surface area (Å²) in [6.45, 7) is -0.364. The topological polar surface area (TPSA) is 162 Å². The molecule has 6 rings (SSSR count). The number of nitrogens with one attached hydrogen (secondary N) is 1. The Morgan fingerprint density at radius 3 is 2.26 bits per heavy atom. The van der Waals surface area contributed by atoms with Gasteiger partial charge in [-0.25, -0.2) is 42.5 Å². The van der Waals surface area contributed by atoms with E-state index in [9.17, 15) is 30.8 Å². The number of hydrogen-bond acceptors (Lipinski definition) is 12. The summed E-state index contributed by atoms with van der Waals surface area (Å²) < 4.78 is 90.6. The Morgan fingerprint density at radius 1 is 0.960 bits per heavy atom. The van der Waals surface area contributed by atoms with E-state index in [1.54, 1.807) is 30.7 Å². The van der Waals surface area contributed by atoms with Crippen LogP contribution in [0.1, 0.15) is 44.1 Å². The predicted octanol–water partition coefficient (Wildman–Crippen LogP) is 5.69. The Bertz CT molecular complexity index is 1950. The minimum Gasteiger partial charge on any atom is -0.467 e. The predicted molar refractivity (Wildman–Crippen MR) is 172 cm³/mol. The second-order valence-corrected chi connectivity index (χ2v) is 14.2. The third-order valence-corrected chi connectivity index (χ3v) is 9.57. The number of sulfone groups is 1. The van der Waals surface area contributed by atoms with Crippen LogP contribution in [0.5, 0.6) is 6.01 Å². The van der Waals surface area contributed by atoms with Gasteiger partial charge in [-0.05, 0) is 56.7 Å². The molecule has 50 heavy (non-hydrogen) atoms. The van der Waals surface area contributed by atoms with Crippen LogP contribution in [0.3, 0.4) is 0 Å². The van der Waals surface area contributed by atoms with Gasteiger partial charge in [-0.3, -0.25) is 9.88 Å². The maximum atomic E-state index is 14.4. The number of halogens is 4. The maximum Gasteiger partial charge on any atom is 0.419 e. The number of amides is 1. The summed E-state index contributed by atoms with van der Waals surface area (Å²) in [5.74, 6) is 0.212. The van der Waals surface area contributed by atoms with Gasteiger partial charge in [-0.2, -0.15) is 13.2 Å². The molecule has 0 saturated heterocycles. The van der Waals surface area contributed by atoms with E-state index >= 15 is 0 Å². The molecular weight excluding hydrogens is 684 g/mol. The average molecular weight is 717 g/mol. The monoisotopic (exact) mass is 716 g/mol. The number of alkyl halides is 4. The van der Waals surface area contributed by atoms with E-state index in [0.29, 0.717) is 61.7 Å². The van der Waals surface area contributed by atoms with Gasteiger partial charge in [0.15, 0.2) is 9.84 Å². The molecule has 1 amide bonds. The van der Waals surface area contributed by atoms with Crippen LogP contribution in [-0.4, -0.2) is 82.1 Å². The van der Waals surface area contributed by atoms with Crippen molar-refractivity contribution >= 4 is 27.7 Å². The van der Waals surface area contributed by atoms with Crippen LogP contribution >= 0.6 is 0 Å². The van der Waals surface area contributed by atoms with E-state index in [1.807, 2.05) is 0 Å². The number of carbonyl (C=O) groups is 1. The average Bonchev–Trinajstić information content (AvgIpc) is 3.84. The summed E-state index contributed by atoms with van der Waals surface area (Å²) in [7, 11) is -2.29. The molecule has 13 nitrogen and oxygen atoms in total. The first-order chi connectivity index (χ1) is 23.7. The van der Waals surface area contributed by atoms with Gasteiger partial charge < -0.3 is 14.8 Å². The molecule has 1 N–H and O–H groups in total. The Hall–Kier alpha value is -5.00. The minimum absolute atomic E-state index is 0.0880. The zero-order chi connectivity index (χ0) is 35.7. The first-order valence-electron chi connectivity index (χ1n) is 15.6. The first-order valence-corrected chi connectivity index (χ1v) is 17.5. The van der Waals surface area contributed by atoms with E-state index in [0.717, 1.165) is 24.7 Å². The highest BCUT2D eigenvalue weighted by atomic mass is 32.2. The molecule has 4 aromatic heterocycles. The second kappa shape index (κ2) is 13.7. The normalized spacial score (nSPS) is 18.6. The third kappa shape index (κ3) is 8.06. The van der Waals surface area contributed by atoms with E-state index in [1.165, 1.54) is 12.0 Å². The smallest absolute Gasteiger partial charge is 0.419 e. The summed E-state index contributed by atoms with van der Waals surface area (Å²) in [6, 6.07) is 4.03. The van der Waals surface area contributed by atoms with Gasteiger partial charge in [0.05, 0.1) is 17.7 Å². The number of hydrogen-bond donors (Lipinski definition) is 1. The van der Waals surface area contributed by atoms with Gasteiger partial charge in [-0.1, -0.05) is 0 Å². The van der Waals surface area contributed by atoms with Gasteiger partial charge in [-0.15, -0.1) is 0 Å². The van der Waals surface area contributed by atoms with Crippen LogP contribution in [0.15, 0.2) is 60.3 Å². The SMILES string of the molecule is COc1ncc(-c2ccc(N(C(=O)OCC3(F)CC3)C3CCC(Nc4ncc(C(F)(F)F)c(-c5cncc(S(C)(=O)=O)c5)n4)CC3)nc2)cn1. The number of pyridine rings is 2. The molecule has 18 heteroatoms. The molecule has 0 unspecified atom stereocenters. The van der Waals surface area contributed by atoms with E-state index in [4.69, 9.17) is 9.47 Å². The quantitative estimate of drug-likeness (QED) is 0.200. The summed E-state index contributed by atoms with van der Waals surface area (Å²) in [5.41, 5.74) is -1.96. The molecule has 0 atom stereocenters. The number of ether oxygens (including phenoxy) is 2. The number of aromatic nitrogens is 6. The van der Waals surface area contributed by atoms with Crippen LogP contribution in [0.4, 0.5) is 34.1 Å². The van der Waals surface area contributed by atoms with Crippen LogP contribution in [0.2, 0.25) is 0 Å². The molecule has 2 aliphatic carbocycles. The van der Waals surface area contributed by atoms with E-state index in [-0.39, 0.29) is 41.1 Å². The molecule has 4 aromatic rings. The van der Waals surface area contributed by atoms with Crippen molar-refractivity contribution in [3.63, 3.8) is 0 Å². The first kappa shape index (κ1) is 34.8. The summed E-state index contributed by atoms with van der Waals surface area (Å²) in [4.78, 5) is 39.1. The largest absolute Gasteiger partial charge is 0.467 e. The Kier molecular flexibility index (Phi) is 9.56. The van der Waals surface area contributed by atoms with Gasteiger partial charge >= 0.3 is 18.3 Å². The molecule has 0 radical (unpaired) electrons. The fourth-order valence-electron chi connectivity index (χ4n) is 5.53. The zero-order valence-electron chi connectivity index (χ0n) is 26.9. The number of carbonyl (C=O) groups excluding carboxylic acids is 1. The molecule has 2 saturated carbocycles. The van der Waals surface area contributed by atoms with Crippen LogP contribution in [0, 0.1) is 0 Å². The Balaban J connectivity index is 1.19. The molecule has 264 valence electrons. The molecule has 0 aromatic carbocycles. The lowest BCUT2D eigenvalue weighted by molar-refractivity contribution is -0.137. The maximum absolute atomic E-state index is 14.4. The lowest BCUT2D eigenvalue weighted by Crippen LogP contribution is -2.45. The Labute approximate surface area is 284 Å². The summed E-state index contributed by atoms with van der Waals surface area (Å²) in [6.07, 6.45) is 5.34. The number of nitrogens with zero attached hydrogens (tertiary/aromatic N) is 7. The fraction of sp³-hybridized carbons (Fsp3) is 0.406. The van der Waals surface area contributed by atoms with Crippen LogP contribution < -0.4 is 15.0 Å². The summed E-state index contributed by atoms with van der Waals surface area (Å²) in [5, 5.41) is 3.08. The van der Waals surface area contributed by atoms with Crippen molar-refractivity contribution < 1.29 is 40.2 Å². The van der Waals surface area contributed by atoms with Crippen molar-refractivity contribution in [3.05, 3.63) is 60.9 Å². The number of methoxy groups -OCH3 is 1. The third-order valence-electron chi connectivity index (χ3n) is 8.49. The number of rotatable bonds is 10. The van der Waals surface area contributed by atoms with Crippen molar-refractivity contribution in [1.29, 1.82) is 0 Å². The highest BCUT2D eigenvalue weighted by molar-refractivity contribution is 7.90. The van der Waals surface area contributed by atoms with Crippen LogP contribution in [0.25, 0.3) is 22.4 Å². The van der Waals surface area contributed by atoms with E-state index < -0.39 is 39.0 Å². The van der Waals surface area contributed by atoms with Gasteiger partial charge in [0.2, 0.25) is 5.95 Å². The molecule has 0 spiro atoms. The van der Waals surface area contributed by atoms with Crippen molar-refractivity contribution in [2.24, 2.45) is 0 Å². The highest BCUT2D eigenvalue weighted by Crippen LogP contribution is 2.40. The molecule has 2 aliphatic rings. The van der Waals surface area contributed by atoms with Crippen molar-refractivity contribution in [1.82, 2.24) is 29.9 Å². The van der Waals surface area contributed by atoms with Gasteiger partial charge in [0, 0.05) is 72.2 Å². The standard InChI is InChI=1S/C32H32F4N8O5S/c1-48-29-40-14-21(15-41-29)19-3-8-26(38-13-19)44(30(45)49-18-31(33)9-10-31)23-6-4-22(5-7-23)42-28-39-17-25(32(34,35)36)27(43-28)20-11-24(16-37-12-20)50(2,46)47/h3,8,11-17,22-23H,4-7,9-10,18H2,1-2H3,(H,39,42,43). The zero-order valence-corrected chi connectivity index (χ0v) is 27.7. The minimum atomic E-state index is -4.82. The van der Waals surface area contributed by atoms with Crippen LogP contribution in [-0.2, 0) is 20.8 Å². The summed E-state index contributed by atoms with van der Waals surface area (Å²) >= 11 is 0. The lowest BCUT2D eigenvalue weighted by atomic mass is 9.90. The van der Waals surface area contributed by atoms with Crippen molar-refractivity contribution in [2.45, 2.75) is 67.3 Å². The molecule has 0 aliphatic heterocycles. The molecule has 0 bridgehead atoms. The molecule has 2 fully saturated rings. The van der Waals surface area contributed by atoms with Gasteiger partial charge in [0.25, 0.3) is 0 Å². The van der Waals surface area contributed by atoms with Crippen molar-refractivity contribution in [2.75, 3.05) is 30.2 Å². The second-order valence-electron chi connectivity index (χ2n) is 12.2. The molecule has 4 heterocycles. The highest BCUT2D eigenvalue weighted by Gasteiger charge is 2.45. The molecular formula is C32H32F4N8O5S. The van der Waals surface area contributed by atoms with Gasteiger partial charge in [0.1, 0.15) is 23.7 Å². The lowest BCUT2D eigenvalue weighted by Gasteiger charge is -2.36. The number of anilines is 2.